The highest BCUT2D eigenvalue weighted by molar-refractivity contribution is 7.10. The standard InChI is InChI=1S/C20H15N3O3S/c1-25-16-10-7-14(8-11-16)9-12-18-21-17(13-27-18)19-20(24)26-22-23(19)15-5-3-2-4-6-15/h2-13H,1H3/p+1/b12-9+. The van der Waals surface area contributed by atoms with Crippen molar-refractivity contribution in [3.05, 3.63) is 81.0 Å². The number of ether oxygens (including phenoxy) is 1. The van der Waals surface area contributed by atoms with Crippen molar-refractivity contribution in [2.75, 3.05) is 7.11 Å². The zero-order valence-electron chi connectivity index (χ0n) is 14.5. The van der Waals surface area contributed by atoms with Gasteiger partial charge in [0, 0.05) is 17.5 Å². The Bertz CT molecular complexity index is 1130. The maximum absolute atomic E-state index is 12.2. The molecule has 1 N–H and O–H groups in total. The van der Waals surface area contributed by atoms with Crippen LogP contribution in [-0.4, -0.2) is 17.4 Å². The Balaban J connectivity index is 1.62. The molecule has 7 heteroatoms. The van der Waals surface area contributed by atoms with E-state index < -0.39 is 5.63 Å². The number of rotatable bonds is 5. The average molecular weight is 378 g/mol. The summed E-state index contributed by atoms with van der Waals surface area (Å²) in [5.41, 5.74) is 2.29. The van der Waals surface area contributed by atoms with Crippen LogP contribution in [0.25, 0.3) is 29.2 Å². The first kappa shape index (κ1) is 17.0. The molecule has 0 atom stereocenters. The molecule has 27 heavy (non-hydrogen) atoms. The SMILES string of the molecule is COc1ccc(/C=C/c2nc(-c3c(=O)o[nH][n+]3-c3ccccc3)cs2)cc1. The summed E-state index contributed by atoms with van der Waals surface area (Å²) < 4.78 is 11.7. The number of thiazole rings is 1. The van der Waals surface area contributed by atoms with Gasteiger partial charge in [-0.25, -0.2) is 9.78 Å². The summed E-state index contributed by atoms with van der Waals surface area (Å²) in [4.78, 5) is 16.7. The Hall–Kier alpha value is -3.45. The normalized spacial score (nSPS) is 11.1. The van der Waals surface area contributed by atoms with E-state index in [-0.39, 0.29) is 0 Å². The molecule has 0 spiro atoms. The van der Waals surface area contributed by atoms with Crippen molar-refractivity contribution in [3.63, 3.8) is 0 Å². The van der Waals surface area contributed by atoms with Crippen molar-refractivity contribution in [2.45, 2.75) is 0 Å². The summed E-state index contributed by atoms with van der Waals surface area (Å²) in [6, 6.07) is 17.2. The molecule has 0 radical (unpaired) electrons. The van der Waals surface area contributed by atoms with Crippen molar-refractivity contribution in [1.29, 1.82) is 0 Å². The second-order valence-electron chi connectivity index (χ2n) is 5.68. The van der Waals surface area contributed by atoms with E-state index in [9.17, 15) is 4.79 Å². The smallest absolute Gasteiger partial charge is 0.437 e. The van der Waals surface area contributed by atoms with E-state index in [0.717, 1.165) is 22.0 Å². The highest BCUT2D eigenvalue weighted by Gasteiger charge is 2.27. The number of nitrogens with one attached hydrogen (secondary N) is 1. The van der Waals surface area contributed by atoms with Crippen LogP contribution in [0.15, 0.2) is 69.3 Å². The van der Waals surface area contributed by atoms with Crippen molar-refractivity contribution >= 4 is 23.5 Å². The van der Waals surface area contributed by atoms with E-state index >= 15 is 0 Å². The third kappa shape index (κ3) is 3.58. The average Bonchev–Trinajstić information content (AvgIpc) is 3.33. The van der Waals surface area contributed by atoms with Crippen LogP contribution in [0.2, 0.25) is 0 Å². The second-order valence-corrected chi connectivity index (χ2v) is 6.57. The van der Waals surface area contributed by atoms with E-state index in [1.807, 2.05) is 72.1 Å². The zero-order valence-corrected chi connectivity index (χ0v) is 15.3. The molecule has 0 fully saturated rings. The minimum atomic E-state index is -0.463. The number of aromatic amines is 1. The summed E-state index contributed by atoms with van der Waals surface area (Å²) in [5, 5.41) is 5.26. The van der Waals surface area contributed by atoms with E-state index in [1.165, 1.54) is 11.3 Å². The number of para-hydroxylation sites is 1. The Labute approximate surface area is 159 Å². The summed E-state index contributed by atoms with van der Waals surface area (Å²) in [5.74, 6) is 0.813. The largest absolute Gasteiger partial charge is 0.497 e. The molecule has 0 aliphatic rings. The fraction of sp³-hybridized carbons (Fsp3) is 0.0500. The van der Waals surface area contributed by atoms with Crippen LogP contribution >= 0.6 is 11.3 Å². The number of methoxy groups -OCH3 is 1. The molecule has 0 saturated heterocycles. The first-order valence-corrected chi connectivity index (χ1v) is 9.09. The van der Waals surface area contributed by atoms with Gasteiger partial charge in [0.2, 0.25) is 5.69 Å². The first-order chi connectivity index (χ1) is 13.2. The number of hydrogen-bond donors (Lipinski definition) is 1. The molecule has 2 heterocycles. The summed E-state index contributed by atoms with van der Waals surface area (Å²) in [7, 11) is 1.64. The van der Waals surface area contributed by atoms with Crippen molar-refractivity contribution in [2.24, 2.45) is 0 Å². The molecule has 0 saturated carbocycles. The third-order valence-electron chi connectivity index (χ3n) is 3.96. The van der Waals surface area contributed by atoms with E-state index in [1.54, 1.807) is 11.8 Å². The predicted molar refractivity (Wildman–Crippen MR) is 104 cm³/mol. The quantitative estimate of drug-likeness (QED) is 0.539. The lowest BCUT2D eigenvalue weighted by molar-refractivity contribution is -0.660. The molecule has 0 aliphatic carbocycles. The van der Waals surface area contributed by atoms with Gasteiger partial charge in [-0.3, -0.25) is 4.52 Å². The molecule has 4 rings (SSSR count). The Morgan fingerprint density at radius 2 is 1.89 bits per heavy atom. The van der Waals surface area contributed by atoms with Crippen molar-refractivity contribution < 1.29 is 13.9 Å². The lowest BCUT2D eigenvalue weighted by Crippen LogP contribution is -2.36. The highest BCUT2D eigenvalue weighted by atomic mass is 32.1. The van der Waals surface area contributed by atoms with Crippen molar-refractivity contribution in [1.82, 2.24) is 10.3 Å². The monoisotopic (exact) mass is 378 g/mol. The number of aromatic nitrogens is 3. The molecule has 2 aromatic heterocycles. The maximum atomic E-state index is 12.2. The van der Waals surface area contributed by atoms with Gasteiger partial charge in [-0.2, -0.15) is 0 Å². The van der Waals surface area contributed by atoms with E-state index in [2.05, 4.69) is 10.3 Å². The van der Waals surface area contributed by atoms with Crippen LogP contribution in [0, 0.1) is 0 Å². The van der Waals surface area contributed by atoms with Gasteiger partial charge in [0.05, 0.1) is 7.11 Å². The molecular weight excluding hydrogens is 362 g/mol. The second kappa shape index (κ2) is 7.43. The van der Waals surface area contributed by atoms with Crippen LogP contribution in [0.5, 0.6) is 5.75 Å². The summed E-state index contributed by atoms with van der Waals surface area (Å²) >= 11 is 1.46. The lowest BCUT2D eigenvalue weighted by Gasteiger charge is -1.98. The first-order valence-electron chi connectivity index (χ1n) is 8.21. The lowest BCUT2D eigenvalue weighted by atomic mass is 10.2. The molecule has 0 amide bonds. The van der Waals surface area contributed by atoms with Gasteiger partial charge in [-0.05, 0) is 33.7 Å². The zero-order chi connectivity index (χ0) is 18.6. The van der Waals surface area contributed by atoms with Gasteiger partial charge in [-0.15, -0.1) is 11.3 Å². The van der Waals surface area contributed by atoms with Crippen LogP contribution in [0.1, 0.15) is 10.6 Å². The molecule has 6 nitrogen and oxygen atoms in total. The van der Waals surface area contributed by atoms with Crippen LogP contribution < -0.4 is 15.0 Å². The minimum absolute atomic E-state index is 0.363. The van der Waals surface area contributed by atoms with Gasteiger partial charge < -0.3 is 4.74 Å². The molecular formula is C20H16N3O3S+. The van der Waals surface area contributed by atoms with E-state index in [0.29, 0.717) is 11.4 Å². The van der Waals surface area contributed by atoms with E-state index in [4.69, 9.17) is 9.26 Å². The number of hydrogen-bond acceptors (Lipinski definition) is 5. The highest BCUT2D eigenvalue weighted by Crippen LogP contribution is 2.20. The number of benzene rings is 2. The molecule has 0 aliphatic heterocycles. The van der Waals surface area contributed by atoms with Gasteiger partial charge in [-0.1, -0.05) is 36.4 Å². The van der Waals surface area contributed by atoms with Crippen LogP contribution in [-0.2, 0) is 0 Å². The predicted octanol–water partition coefficient (Wildman–Crippen LogP) is 3.55. The topological polar surface area (TPSA) is 72.0 Å². The van der Waals surface area contributed by atoms with Crippen molar-refractivity contribution in [3.8, 4) is 22.8 Å². The molecule has 2 aromatic carbocycles. The maximum Gasteiger partial charge on any atom is 0.437 e. The van der Waals surface area contributed by atoms with Gasteiger partial charge >= 0.3 is 11.3 Å². The van der Waals surface area contributed by atoms with Gasteiger partial charge in [0.15, 0.2) is 5.69 Å². The minimum Gasteiger partial charge on any atom is -0.497 e. The van der Waals surface area contributed by atoms with Gasteiger partial charge in [0.25, 0.3) is 0 Å². The van der Waals surface area contributed by atoms with Crippen LogP contribution in [0.3, 0.4) is 0 Å². The Morgan fingerprint density at radius 3 is 2.63 bits per heavy atom. The number of nitrogens with zero attached hydrogens (tertiary/aromatic N) is 2. The van der Waals surface area contributed by atoms with Gasteiger partial charge in [0.1, 0.15) is 10.8 Å². The fourth-order valence-corrected chi connectivity index (χ4v) is 3.30. The molecule has 0 bridgehead atoms. The molecule has 0 unspecified atom stereocenters. The summed E-state index contributed by atoms with van der Waals surface area (Å²) in [6.45, 7) is 0. The summed E-state index contributed by atoms with van der Waals surface area (Å²) in [6.07, 6.45) is 3.88. The Kier molecular flexibility index (Phi) is 4.67. The molecule has 4 aromatic rings. The Morgan fingerprint density at radius 1 is 1.11 bits per heavy atom. The molecule has 134 valence electrons. The van der Waals surface area contributed by atoms with Crippen LogP contribution in [0.4, 0.5) is 0 Å². The fourth-order valence-electron chi connectivity index (χ4n) is 2.61. The number of H-pyrrole nitrogens is 1. The third-order valence-corrected chi connectivity index (χ3v) is 4.77.